The molecule has 0 spiro atoms. The minimum absolute atomic E-state index is 0.140. The second-order valence-electron chi connectivity index (χ2n) is 2.26. The van der Waals surface area contributed by atoms with Gasteiger partial charge in [0.05, 0.1) is 0 Å². The molecule has 0 heterocycles. The maximum atomic E-state index is 10.6. The van der Waals surface area contributed by atoms with Gasteiger partial charge in [-0.05, 0) is 18.1 Å². The van der Waals surface area contributed by atoms with Crippen LogP contribution in [0.5, 0.6) is 0 Å². The van der Waals surface area contributed by atoms with Crippen LogP contribution >= 0.6 is 0 Å². The van der Waals surface area contributed by atoms with E-state index in [1.807, 2.05) is 6.08 Å². The molecule has 0 amide bonds. The molecule has 10 heavy (non-hydrogen) atoms. The van der Waals surface area contributed by atoms with Gasteiger partial charge in [0.2, 0.25) is 0 Å². The van der Waals surface area contributed by atoms with Crippen LogP contribution in [0.1, 0.15) is 12.8 Å². The summed E-state index contributed by atoms with van der Waals surface area (Å²) in [5.74, 6) is 0.140. The maximum Gasteiger partial charge on any atom is 0.159 e. The van der Waals surface area contributed by atoms with Crippen molar-refractivity contribution in [2.75, 3.05) is 6.61 Å². The molecule has 0 atom stereocenters. The van der Waals surface area contributed by atoms with Gasteiger partial charge >= 0.3 is 0 Å². The fourth-order valence-electron chi connectivity index (χ4n) is 0.882. The third-order valence-corrected chi connectivity index (χ3v) is 1.45. The number of hydrogen-bond donors (Lipinski definition) is 1. The number of carbonyl (C=O) groups excluding carboxylic acids is 1. The van der Waals surface area contributed by atoms with Crippen molar-refractivity contribution in [3.05, 3.63) is 23.8 Å². The summed E-state index contributed by atoms with van der Waals surface area (Å²) in [6.45, 7) is 0.157. The molecule has 0 fully saturated rings. The highest BCUT2D eigenvalue weighted by Gasteiger charge is 2.01. The molecule has 0 aromatic carbocycles. The first kappa shape index (κ1) is 7.22. The molecular formula is C8H10O2. The van der Waals surface area contributed by atoms with E-state index in [4.69, 9.17) is 5.11 Å². The highest BCUT2D eigenvalue weighted by Crippen LogP contribution is 2.09. The third kappa shape index (κ3) is 1.81. The van der Waals surface area contributed by atoms with Crippen LogP contribution in [0, 0.1) is 0 Å². The Balaban J connectivity index is 2.50. The molecule has 1 N–H and O–H groups in total. The summed E-state index contributed by atoms with van der Waals surface area (Å²) in [4.78, 5) is 10.6. The van der Waals surface area contributed by atoms with Crippen LogP contribution in [0.4, 0.5) is 0 Å². The molecule has 54 valence electrons. The highest BCUT2D eigenvalue weighted by molar-refractivity contribution is 5.92. The number of aliphatic hydroxyl groups is 1. The average molecular weight is 138 g/mol. The molecule has 0 bridgehead atoms. The highest BCUT2D eigenvalue weighted by atomic mass is 16.2. The lowest BCUT2D eigenvalue weighted by molar-refractivity contribution is -0.113. The molecule has 2 heteroatoms. The monoisotopic (exact) mass is 138 g/mol. The first-order chi connectivity index (χ1) is 4.83. The number of hydrogen-bond acceptors (Lipinski definition) is 2. The van der Waals surface area contributed by atoms with Gasteiger partial charge in [0.25, 0.3) is 0 Å². The van der Waals surface area contributed by atoms with Crippen LogP contribution in [0.25, 0.3) is 0 Å². The average Bonchev–Trinajstić information content (AvgIpc) is 1.95. The zero-order valence-corrected chi connectivity index (χ0v) is 5.71. The van der Waals surface area contributed by atoms with Gasteiger partial charge in [-0.3, -0.25) is 4.79 Å². The summed E-state index contributed by atoms with van der Waals surface area (Å²) in [6, 6.07) is 0. The number of carbonyl (C=O) groups is 1. The molecule has 0 aromatic heterocycles. The zero-order chi connectivity index (χ0) is 7.40. The lowest BCUT2D eigenvalue weighted by Crippen LogP contribution is -1.97. The van der Waals surface area contributed by atoms with E-state index in [1.54, 1.807) is 12.2 Å². The molecule has 0 unspecified atom stereocenters. The Kier molecular flexibility index (Phi) is 2.40. The van der Waals surface area contributed by atoms with E-state index in [1.165, 1.54) is 0 Å². The van der Waals surface area contributed by atoms with Crippen molar-refractivity contribution in [3.8, 4) is 0 Å². The van der Waals surface area contributed by atoms with Crippen LogP contribution < -0.4 is 0 Å². The summed E-state index contributed by atoms with van der Waals surface area (Å²) in [5.41, 5.74) is 1.06. The Labute approximate surface area is 59.9 Å². The number of allylic oxidation sites excluding steroid dienone is 3. The fraction of sp³-hybridized carbons (Fsp3) is 0.375. The topological polar surface area (TPSA) is 37.3 Å². The number of rotatable bonds is 2. The van der Waals surface area contributed by atoms with E-state index in [9.17, 15) is 4.79 Å². The number of ketones is 1. The molecule has 0 aliphatic heterocycles. The van der Waals surface area contributed by atoms with Gasteiger partial charge in [-0.2, -0.15) is 0 Å². The van der Waals surface area contributed by atoms with Crippen LogP contribution in [0.2, 0.25) is 0 Å². The van der Waals surface area contributed by atoms with Crippen molar-refractivity contribution >= 4 is 5.78 Å². The van der Waals surface area contributed by atoms with E-state index in [2.05, 4.69) is 0 Å². The summed E-state index contributed by atoms with van der Waals surface area (Å²) >= 11 is 0. The van der Waals surface area contributed by atoms with Crippen LogP contribution in [0.3, 0.4) is 0 Å². The summed E-state index contributed by atoms with van der Waals surface area (Å²) in [6.07, 6.45) is 6.33. The van der Waals surface area contributed by atoms with Crippen molar-refractivity contribution in [1.29, 1.82) is 0 Å². The first-order valence-corrected chi connectivity index (χ1v) is 3.34. The molecule has 1 aliphatic rings. The third-order valence-electron chi connectivity index (χ3n) is 1.45. The van der Waals surface area contributed by atoms with Gasteiger partial charge < -0.3 is 5.11 Å². The number of aliphatic hydroxyl groups excluding tert-OH is 1. The van der Waals surface area contributed by atoms with Gasteiger partial charge in [0, 0.05) is 13.0 Å². The van der Waals surface area contributed by atoms with Crippen LogP contribution in [0.15, 0.2) is 23.8 Å². The molecule has 2 nitrogen and oxygen atoms in total. The van der Waals surface area contributed by atoms with Gasteiger partial charge in [0.1, 0.15) is 0 Å². The minimum atomic E-state index is 0.140. The predicted molar refractivity (Wildman–Crippen MR) is 38.5 cm³/mol. The van der Waals surface area contributed by atoms with Crippen LogP contribution in [-0.2, 0) is 4.79 Å². The quantitative estimate of drug-likeness (QED) is 0.613. The molecule has 0 saturated carbocycles. The normalized spacial score (nSPS) is 17.3. The van der Waals surface area contributed by atoms with Gasteiger partial charge in [-0.25, -0.2) is 0 Å². The summed E-state index contributed by atoms with van der Waals surface area (Å²) in [7, 11) is 0. The van der Waals surface area contributed by atoms with E-state index in [-0.39, 0.29) is 12.4 Å². The zero-order valence-electron chi connectivity index (χ0n) is 5.71. The smallest absolute Gasteiger partial charge is 0.159 e. The Morgan fingerprint density at radius 1 is 1.50 bits per heavy atom. The predicted octanol–water partition coefficient (Wildman–Crippen LogP) is 0.824. The van der Waals surface area contributed by atoms with Crippen molar-refractivity contribution in [2.24, 2.45) is 0 Å². The lowest BCUT2D eigenvalue weighted by Gasteiger charge is -2.02. The van der Waals surface area contributed by atoms with Gasteiger partial charge in [-0.15, -0.1) is 0 Å². The summed E-state index contributed by atoms with van der Waals surface area (Å²) < 4.78 is 0. The van der Waals surface area contributed by atoms with Crippen LogP contribution in [-0.4, -0.2) is 17.5 Å². The van der Waals surface area contributed by atoms with E-state index in [0.717, 1.165) is 5.57 Å². The van der Waals surface area contributed by atoms with Crippen molar-refractivity contribution in [1.82, 2.24) is 0 Å². The summed E-state index contributed by atoms with van der Waals surface area (Å²) in [5, 5.41) is 8.52. The van der Waals surface area contributed by atoms with E-state index < -0.39 is 0 Å². The Hall–Kier alpha value is -0.890. The van der Waals surface area contributed by atoms with Gasteiger partial charge in [-0.1, -0.05) is 12.2 Å². The fourth-order valence-corrected chi connectivity index (χ4v) is 0.882. The largest absolute Gasteiger partial charge is 0.396 e. The van der Waals surface area contributed by atoms with E-state index in [0.29, 0.717) is 12.8 Å². The van der Waals surface area contributed by atoms with E-state index >= 15 is 0 Å². The first-order valence-electron chi connectivity index (χ1n) is 3.34. The van der Waals surface area contributed by atoms with Gasteiger partial charge in [0.15, 0.2) is 5.78 Å². The second kappa shape index (κ2) is 3.32. The Bertz CT molecular complexity index is 189. The van der Waals surface area contributed by atoms with Crippen molar-refractivity contribution in [3.63, 3.8) is 0 Å². The lowest BCUT2D eigenvalue weighted by atomic mass is 10.0. The Morgan fingerprint density at radius 3 is 2.80 bits per heavy atom. The molecule has 0 radical (unpaired) electrons. The maximum absolute atomic E-state index is 10.6. The molecule has 1 aliphatic carbocycles. The molecule has 0 saturated heterocycles. The van der Waals surface area contributed by atoms with Crippen molar-refractivity contribution in [2.45, 2.75) is 12.8 Å². The second-order valence-corrected chi connectivity index (χ2v) is 2.26. The Morgan fingerprint density at radius 2 is 2.30 bits per heavy atom. The SMILES string of the molecule is O=C1C=CC(CCO)=CC1. The molecular weight excluding hydrogens is 128 g/mol. The molecule has 0 aromatic rings. The minimum Gasteiger partial charge on any atom is -0.396 e. The van der Waals surface area contributed by atoms with Crippen molar-refractivity contribution < 1.29 is 9.90 Å². The standard InChI is InChI=1S/C8H10O2/c9-6-5-7-1-3-8(10)4-2-7/h1-3,9H,4-6H2. The molecule has 1 rings (SSSR count).